The quantitative estimate of drug-likeness (QED) is 0.478. The largest absolute Gasteiger partial charge is 0.392 e. The van der Waals surface area contributed by atoms with Crippen molar-refractivity contribution in [3.63, 3.8) is 0 Å². The summed E-state index contributed by atoms with van der Waals surface area (Å²) in [7, 11) is 0. The van der Waals surface area contributed by atoms with Crippen LogP contribution < -0.4 is 0 Å². The maximum absolute atomic E-state index is 13.6. The standard InChI is InChI=1S/C29H46F2N2O/c30-26-8-7-22(20-27(26)31)4-3-15-32-16-10-24(11-17-32)28(34)21-33-18-13-29(14-19-33)12-9-23-5-1-2-6-25(23)29/h2,6-7,23-28,34H,1,3-5,8-21H2. The number of nitrogens with zero attached hydrogens (tertiary/aromatic N) is 2. The summed E-state index contributed by atoms with van der Waals surface area (Å²) >= 11 is 0. The van der Waals surface area contributed by atoms with E-state index in [1.807, 2.05) is 6.08 Å². The molecule has 34 heavy (non-hydrogen) atoms. The van der Waals surface area contributed by atoms with Gasteiger partial charge in [-0.1, -0.05) is 23.8 Å². The van der Waals surface area contributed by atoms with Gasteiger partial charge in [0.05, 0.1) is 6.10 Å². The predicted octanol–water partition coefficient (Wildman–Crippen LogP) is 5.69. The molecule has 1 saturated carbocycles. The molecule has 0 radical (unpaired) electrons. The number of halogens is 2. The SMILES string of the molecule is OC(CN1CCC2(CCC3CCC=CC32)CC1)C1CCN(CCCC2=CCC(F)C(F)C2)CC1. The van der Waals surface area contributed by atoms with Crippen LogP contribution in [-0.4, -0.2) is 72.6 Å². The average molecular weight is 477 g/mol. The van der Waals surface area contributed by atoms with E-state index in [2.05, 4.69) is 22.0 Å². The molecule has 3 aliphatic carbocycles. The third kappa shape index (κ3) is 5.62. The molecule has 1 spiro atoms. The Bertz CT molecular complexity index is 724. The topological polar surface area (TPSA) is 26.7 Å². The number of β-amino-alcohol motifs (C(OH)–C–C–N with tert-alkyl or cyclic N) is 1. The first-order valence-corrected chi connectivity index (χ1v) is 14.3. The number of aliphatic hydroxyl groups is 1. The van der Waals surface area contributed by atoms with Crippen LogP contribution in [0, 0.1) is 23.2 Å². The number of fused-ring (bicyclic) bond motifs is 2. The molecule has 2 saturated heterocycles. The summed E-state index contributed by atoms with van der Waals surface area (Å²) in [5.74, 6) is 2.18. The number of alkyl halides is 2. The molecule has 5 rings (SSSR count). The first kappa shape index (κ1) is 24.9. The molecular weight excluding hydrogens is 430 g/mol. The van der Waals surface area contributed by atoms with Gasteiger partial charge in [0.2, 0.25) is 0 Å². The Morgan fingerprint density at radius 3 is 2.53 bits per heavy atom. The van der Waals surface area contributed by atoms with Gasteiger partial charge in [0.15, 0.2) is 0 Å². The van der Waals surface area contributed by atoms with Gasteiger partial charge in [-0.25, -0.2) is 8.78 Å². The van der Waals surface area contributed by atoms with Gasteiger partial charge in [0, 0.05) is 13.0 Å². The third-order valence-electron chi connectivity index (χ3n) is 10.2. The smallest absolute Gasteiger partial charge is 0.135 e. The summed E-state index contributed by atoms with van der Waals surface area (Å²) in [6, 6.07) is 0. The Hall–Kier alpha value is -0.780. The number of allylic oxidation sites excluding steroid dienone is 4. The lowest BCUT2D eigenvalue weighted by Gasteiger charge is -2.45. The van der Waals surface area contributed by atoms with E-state index < -0.39 is 12.3 Å². The van der Waals surface area contributed by atoms with Crippen LogP contribution in [0.2, 0.25) is 0 Å². The fraction of sp³-hybridized carbons (Fsp3) is 0.862. The summed E-state index contributed by atoms with van der Waals surface area (Å²) in [4.78, 5) is 5.04. The maximum atomic E-state index is 13.6. The normalized spacial score (nSPS) is 35.9. The van der Waals surface area contributed by atoms with Crippen molar-refractivity contribution in [1.29, 1.82) is 0 Å². The van der Waals surface area contributed by atoms with Crippen molar-refractivity contribution in [3.8, 4) is 0 Å². The number of hydrogen-bond acceptors (Lipinski definition) is 3. The van der Waals surface area contributed by atoms with Crippen LogP contribution in [0.5, 0.6) is 0 Å². The monoisotopic (exact) mass is 476 g/mol. The minimum absolute atomic E-state index is 0.204. The van der Waals surface area contributed by atoms with E-state index in [-0.39, 0.29) is 18.9 Å². The van der Waals surface area contributed by atoms with Crippen LogP contribution in [-0.2, 0) is 0 Å². The zero-order valence-electron chi connectivity index (χ0n) is 21.0. The fourth-order valence-electron chi connectivity index (χ4n) is 7.92. The van der Waals surface area contributed by atoms with Crippen molar-refractivity contribution < 1.29 is 13.9 Å². The van der Waals surface area contributed by atoms with Gasteiger partial charge in [-0.05, 0) is 127 Å². The zero-order valence-corrected chi connectivity index (χ0v) is 21.0. The molecule has 0 aromatic carbocycles. The van der Waals surface area contributed by atoms with Gasteiger partial charge in [-0.15, -0.1) is 0 Å². The highest BCUT2D eigenvalue weighted by atomic mass is 19.2. The highest BCUT2D eigenvalue weighted by molar-refractivity contribution is 5.11. The van der Waals surface area contributed by atoms with E-state index in [0.717, 1.165) is 82.4 Å². The molecule has 0 aromatic rings. The van der Waals surface area contributed by atoms with Gasteiger partial charge in [0.1, 0.15) is 12.3 Å². The molecule has 0 aromatic heterocycles. The second-order valence-corrected chi connectivity index (χ2v) is 12.2. The third-order valence-corrected chi connectivity index (χ3v) is 10.2. The molecule has 0 bridgehead atoms. The van der Waals surface area contributed by atoms with Gasteiger partial charge >= 0.3 is 0 Å². The molecule has 0 amide bonds. The second kappa shape index (κ2) is 11.1. The van der Waals surface area contributed by atoms with Crippen molar-refractivity contribution in [2.75, 3.05) is 39.3 Å². The van der Waals surface area contributed by atoms with E-state index in [0.29, 0.717) is 11.3 Å². The van der Waals surface area contributed by atoms with Crippen molar-refractivity contribution in [3.05, 3.63) is 23.8 Å². The van der Waals surface area contributed by atoms with Gasteiger partial charge in [-0.2, -0.15) is 0 Å². The van der Waals surface area contributed by atoms with E-state index in [4.69, 9.17) is 0 Å². The summed E-state index contributed by atoms with van der Waals surface area (Å²) in [6.07, 6.45) is 16.9. The number of aliphatic hydroxyl groups excluding tert-OH is 1. The first-order chi connectivity index (χ1) is 16.5. The van der Waals surface area contributed by atoms with E-state index >= 15 is 0 Å². The first-order valence-electron chi connectivity index (χ1n) is 14.3. The number of likely N-dealkylation sites (tertiary alicyclic amines) is 2. The minimum Gasteiger partial charge on any atom is -0.392 e. The number of hydrogen-bond donors (Lipinski definition) is 1. The molecule has 2 heterocycles. The van der Waals surface area contributed by atoms with Gasteiger partial charge in [0.25, 0.3) is 0 Å². The zero-order chi connectivity index (χ0) is 23.5. The Balaban J connectivity index is 0.991. The Labute approximate surface area is 205 Å². The fourth-order valence-corrected chi connectivity index (χ4v) is 7.92. The predicted molar refractivity (Wildman–Crippen MR) is 134 cm³/mol. The molecule has 3 nitrogen and oxygen atoms in total. The number of rotatable bonds is 7. The van der Waals surface area contributed by atoms with Crippen LogP contribution >= 0.6 is 0 Å². The summed E-state index contributed by atoms with van der Waals surface area (Å²) in [5.41, 5.74) is 1.66. The molecule has 5 heteroatoms. The minimum atomic E-state index is -1.30. The van der Waals surface area contributed by atoms with Crippen molar-refractivity contribution in [1.82, 2.24) is 9.80 Å². The van der Waals surface area contributed by atoms with Gasteiger partial charge < -0.3 is 14.9 Å². The van der Waals surface area contributed by atoms with Crippen LogP contribution in [0.3, 0.4) is 0 Å². The summed E-state index contributed by atoms with van der Waals surface area (Å²) in [5, 5.41) is 11.0. The van der Waals surface area contributed by atoms with E-state index in [1.54, 1.807) is 0 Å². The summed E-state index contributed by atoms with van der Waals surface area (Å²) in [6.45, 7) is 6.30. The van der Waals surface area contributed by atoms with Crippen molar-refractivity contribution in [2.45, 2.75) is 95.5 Å². The number of piperidine rings is 2. The second-order valence-electron chi connectivity index (χ2n) is 12.2. The van der Waals surface area contributed by atoms with Crippen LogP contribution in [0.4, 0.5) is 8.78 Å². The van der Waals surface area contributed by atoms with E-state index in [9.17, 15) is 13.9 Å². The average Bonchev–Trinajstić information content (AvgIpc) is 3.21. The molecule has 3 fully saturated rings. The Kier molecular flexibility index (Phi) is 8.12. The van der Waals surface area contributed by atoms with Crippen molar-refractivity contribution in [2.24, 2.45) is 23.2 Å². The maximum Gasteiger partial charge on any atom is 0.135 e. The molecule has 5 unspecified atom stereocenters. The van der Waals surface area contributed by atoms with Crippen LogP contribution in [0.15, 0.2) is 23.8 Å². The highest BCUT2D eigenvalue weighted by Crippen LogP contribution is 2.56. The molecule has 192 valence electrons. The van der Waals surface area contributed by atoms with Gasteiger partial charge in [-0.3, -0.25) is 0 Å². The van der Waals surface area contributed by atoms with Crippen molar-refractivity contribution >= 4 is 0 Å². The molecule has 5 atom stereocenters. The van der Waals surface area contributed by atoms with Crippen LogP contribution in [0.1, 0.15) is 77.0 Å². The van der Waals surface area contributed by atoms with E-state index in [1.165, 1.54) is 38.5 Å². The summed E-state index contributed by atoms with van der Waals surface area (Å²) < 4.78 is 26.9. The Morgan fingerprint density at radius 1 is 0.971 bits per heavy atom. The lowest BCUT2D eigenvalue weighted by molar-refractivity contribution is 0.00547. The lowest BCUT2D eigenvalue weighted by Crippen LogP contribution is -2.47. The molecule has 1 N–H and O–H groups in total. The van der Waals surface area contributed by atoms with Crippen LogP contribution in [0.25, 0.3) is 0 Å². The lowest BCUT2D eigenvalue weighted by atomic mass is 9.67. The highest BCUT2D eigenvalue weighted by Gasteiger charge is 2.48. The molecule has 5 aliphatic rings. The Morgan fingerprint density at radius 2 is 1.76 bits per heavy atom. The molecular formula is C29H46F2N2O. The molecule has 2 aliphatic heterocycles.